The van der Waals surface area contributed by atoms with Crippen LogP contribution in [0.4, 0.5) is 11.6 Å². The highest BCUT2D eigenvalue weighted by atomic mass is 15.6. The second kappa shape index (κ2) is 5.75. The Balaban J connectivity index is 1.52. The van der Waals surface area contributed by atoms with Gasteiger partial charge in [-0.05, 0) is 47.5 Å². The third kappa shape index (κ3) is 2.65. The molecule has 4 heterocycles. The first kappa shape index (κ1) is 13.8. The molecule has 0 radical (unpaired) electrons. The van der Waals surface area contributed by atoms with Crippen LogP contribution in [0.5, 0.6) is 0 Å². The number of tetrazole rings is 1. The van der Waals surface area contributed by atoms with Crippen molar-refractivity contribution in [1.82, 2.24) is 35.5 Å². The minimum absolute atomic E-state index is 0.392. The standard InChI is InChI=1S/C14H17N9/c1-21(14-7-6-13-17-19-20-23(13)18-14)10-11-4-3-9-22(11)12-5-2-8-15-16-12/h2,5-8,11H,3-4,9-10H2,1H3/t11-/m0/s1. The number of hydrogen-bond donors (Lipinski definition) is 0. The summed E-state index contributed by atoms with van der Waals surface area (Å²) in [7, 11) is 2.03. The summed E-state index contributed by atoms with van der Waals surface area (Å²) in [4.78, 5) is 4.44. The number of rotatable bonds is 4. The van der Waals surface area contributed by atoms with Crippen LogP contribution in [0.3, 0.4) is 0 Å². The van der Waals surface area contributed by atoms with Gasteiger partial charge in [0.25, 0.3) is 0 Å². The lowest BCUT2D eigenvalue weighted by atomic mass is 10.2. The van der Waals surface area contributed by atoms with E-state index in [2.05, 4.69) is 40.6 Å². The molecule has 0 aliphatic carbocycles. The summed E-state index contributed by atoms with van der Waals surface area (Å²) in [5, 5.41) is 24.0. The van der Waals surface area contributed by atoms with Crippen LogP contribution in [0.2, 0.25) is 0 Å². The molecule has 9 heteroatoms. The van der Waals surface area contributed by atoms with E-state index >= 15 is 0 Å². The second-order valence-corrected chi connectivity index (χ2v) is 5.67. The van der Waals surface area contributed by atoms with Crippen molar-refractivity contribution in [3.63, 3.8) is 0 Å². The van der Waals surface area contributed by atoms with Gasteiger partial charge in [0.05, 0.1) is 0 Å². The fraction of sp³-hybridized carbons (Fsp3) is 0.429. The molecule has 1 aliphatic heterocycles. The molecule has 1 atom stereocenters. The van der Waals surface area contributed by atoms with Crippen LogP contribution in [-0.2, 0) is 0 Å². The molecule has 1 saturated heterocycles. The van der Waals surface area contributed by atoms with Gasteiger partial charge in [0.1, 0.15) is 0 Å². The molecule has 0 bridgehead atoms. The number of likely N-dealkylation sites (N-methyl/N-ethyl adjacent to an activating group) is 1. The van der Waals surface area contributed by atoms with Crippen LogP contribution < -0.4 is 9.80 Å². The third-order valence-electron chi connectivity index (χ3n) is 4.16. The van der Waals surface area contributed by atoms with E-state index < -0.39 is 0 Å². The van der Waals surface area contributed by atoms with Crippen molar-refractivity contribution < 1.29 is 0 Å². The predicted molar refractivity (Wildman–Crippen MR) is 84.2 cm³/mol. The second-order valence-electron chi connectivity index (χ2n) is 5.67. The van der Waals surface area contributed by atoms with Crippen molar-refractivity contribution in [3.05, 3.63) is 30.5 Å². The number of fused-ring (bicyclic) bond motifs is 1. The molecular formula is C14H17N9. The molecule has 0 N–H and O–H groups in total. The molecule has 0 spiro atoms. The maximum atomic E-state index is 4.43. The zero-order valence-corrected chi connectivity index (χ0v) is 12.8. The number of aromatic nitrogens is 7. The molecule has 4 rings (SSSR count). The lowest BCUT2D eigenvalue weighted by molar-refractivity contribution is 0.635. The first-order valence-electron chi connectivity index (χ1n) is 7.62. The molecule has 3 aromatic heterocycles. The van der Waals surface area contributed by atoms with Crippen molar-refractivity contribution in [2.75, 3.05) is 29.9 Å². The van der Waals surface area contributed by atoms with E-state index in [1.165, 1.54) is 4.63 Å². The van der Waals surface area contributed by atoms with Gasteiger partial charge in [-0.25, -0.2) is 0 Å². The van der Waals surface area contributed by atoms with Crippen LogP contribution in [0.25, 0.3) is 5.65 Å². The molecule has 3 aromatic rings. The molecule has 0 aromatic carbocycles. The Morgan fingerprint density at radius 3 is 3.09 bits per heavy atom. The summed E-state index contributed by atoms with van der Waals surface area (Å²) in [5.41, 5.74) is 0.643. The Hall–Kier alpha value is -2.84. The fourth-order valence-corrected chi connectivity index (χ4v) is 3.03. The summed E-state index contributed by atoms with van der Waals surface area (Å²) in [6.07, 6.45) is 3.99. The smallest absolute Gasteiger partial charge is 0.200 e. The molecule has 9 nitrogen and oxygen atoms in total. The Labute approximate surface area is 132 Å². The first-order valence-corrected chi connectivity index (χ1v) is 7.62. The maximum absolute atomic E-state index is 4.43. The predicted octanol–water partition coefficient (Wildman–Crippen LogP) is 0.414. The largest absolute Gasteiger partial charge is 0.356 e. The van der Waals surface area contributed by atoms with Gasteiger partial charge < -0.3 is 9.80 Å². The van der Waals surface area contributed by atoms with Gasteiger partial charge in [0.15, 0.2) is 17.3 Å². The lowest BCUT2D eigenvalue weighted by Gasteiger charge is -2.29. The van der Waals surface area contributed by atoms with Crippen molar-refractivity contribution in [2.24, 2.45) is 0 Å². The summed E-state index contributed by atoms with van der Waals surface area (Å²) < 4.78 is 1.45. The number of anilines is 2. The van der Waals surface area contributed by atoms with Crippen LogP contribution in [-0.4, -0.2) is 61.6 Å². The Morgan fingerprint density at radius 2 is 2.22 bits per heavy atom. The van der Waals surface area contributed by atoms with Gasteiger partial charge >= 0.3 is 0 Å². The minimum atomic E-state index is 0.392. The van der Waals surface area contributed by atoms with Gasteiger partial charge in [-0.15, -0.1) is 19.9 Å². The number of nitrogens with zero attached hydrogens (tertiary/aromatic N) is 9. The molecule has 0 saturated carbocycles. The maximum Gasteiger partial charge on any atom is 0.200 e. The SMILES string of the molecule is CN(C[C@@H]1CCCN1c1cccnn1)c1ccc2nnnn2n1. The summed E-state index contributed by atoms with van der Waals surface area (Å²) in [6.45, 7) is 1.87. The van der Waals surface area contributed by atoms with E-state index in [-0.39, 0.29) is 0 Å². The highest BCUT2D eigenvalue weighted by Gasteiger charge is 2.27. The van der Waals surface area contributed by atoms with E-state index in [4.69, 9.17) is 0 Å². The topological polar surface area (TPSA) is 88.2 Å². The Morgan fingerprint density at radius 1 is 1.26 bits per heavy atom. The van der Waals surface area contributed by atoms with E-state index in [1.807, 2.05) is 31.3 Å². The van der Waals surface area contributed by atoms with Crippen LogP contribution >= 0.6 is 0 Å². The van der Waals surface area contributed by atoms with Gasteiger partial charge in [0, 0.05) is 32.4 Å². The van der Waals surface area contributed by atoms with Gasteiger partial charge in [0.2, 0.25) is 0 Å². The average Bonchev–Trinajstić information content (AvgIpc) is 3.23. The molecule has 1 fully saturated rings. The summed E-state index contributed by atoms with van der Waals surface area (Å²) >= 11 is 0. The normalized spacial score (nSPS) is 17.8. The van der Waals surface area contributed by atoms with E-state index in [9.17, 15) is 0 Å². The molecule has 118 valence electrons. The lowest BCUT2D eigenvalue weighted by Crippen LogP contribution is -2.39. The monoisotopic (exact) mass is 311 g/mol. The Bertz CT molecular complexity index is 787. The highest BCUT2D eigenvalue weighted by molar-refractivity contribution is 5.45. The van der Waals surface area contributed by atoms with Crippen molar-refractivity contribution in [2.45, 2.75) is 18.9 Å². The number of hydrogen-bond acceptors (Lipinski definition) is 8. The molecule has 0 amide bonds. The molecule has 23 heavy (non-hydrogen) atoms. The van der Waals surface area contributed by atoms with Crippen LogP contribution in [0.1, 0.15) is 12.8 Å². The van der Waals surface area contributed by atoms with Crippen LogP contribution in [0, 0.1) is 0 Å². The minimum Gasteiger partial charge on any atom is -0.356 e. The first-order chi connectivity index (χ1) is 11.3. The van der Waals surface area contributed by atoms with Crippen molar-refractivity contribution in [1.29, 1.82) is 0 Å². The van der Waals surface area contributed by atoms with E-state index in [0.29, 0.717) is 11.7 Å². The molecule has 1 aliphatic rings. The summed E-state index contributed by atoms with van der Waals surface area (Å²) in [6, 6.07) is 8.13. The fourth-order valence-electron chi connectivity index (χ4n) is 3.03. The van der Waals surface area contributed by atoms with Crippen molar-refractivity contribution >= 4 is 17.3 Å². The molecular weight excluding hydrogens is 294 g/mol. The van der Waals surface area contributed by atoms with Crippen LogP contribution in [0.15, 0.2) is 30.5 Å². The third-order valence-corrected chi connectivity index (χ3v) is 4.16. The summed E-state index contributed by atoms with van der Waals surface area (Å²) in [5.74, 6) is 1.78. The van der Waals surface area contributed by atoms with Gasteiger partial charge in [-0.2, -0.15) is 5.10 Å². The Kier molecular flexibility index (Phi) is 3.45. The quantitative estimate of drug-likeness (QED) is 0.685. The van der Waals surface area contributed by atoms with E-state index in [0.717, 1.165) is 37.6 Å². The molecule has 0 unspecified atom stereocenters. The zero-order chi connectivity index (χ0) is 15.6. The zero-order valence-electron chi connectivity index (χ0n) is 12.8. The van der Waals surface area contributed by atoms with Gasteiger partial charge in [-0.3, -0.25) is 0 Å². The highest BCUT2D eigenvalue weighted by Crippen LogP contribution is 2.24. The van der Waals surface area contributed by atoms with Gasteiger partial charge in [-0.1, -0.05) is 0 Å². The van der Waals surface area contributed by atoms with Crippen molar-refractivity contribution in [3.8, 4) is 0 Å². The average molecular weight is 311 g/mol. The van der Waals surface area contributed by atoms with E-state index in [1.54, 1.807) is 6.20 Å².